The number of aliphatic imine (C=N–C) groups is 1. The number of aromatic nitrogens is 1. The lowest BCUT2D eigenvalue weighted by Gasteiger charge is -2.05. The summed E-state index contributed by atoms with van der Waals surface area (Å²) < 4.78 is 11.0. The van der Waals surface area contributed by atoms with Gasteiger partial charge in [0.15, 0.2) is 5.69 Å². The number of aryl methyl sites for hydroxylation is 1. The third-order valence-corrected chi connectivity index (χ3v) is 3.87. The highest BCUT2D eigenvalue weighted by molar-refractivity contribution is 5.82. The van der Waals surface area contributed by atoms with Crippen LogP contribution in [0.15, 0.2) is 57.9 Å². The Morgan fingerprint density at radius 3 is 2.54 bits per heavy atom. The number of hydrogen-bond donors (Lipinski definition) is 1. The van der Waals surface area contributed by atoms with E-state index in [1.54, 1.807) is 0 Å². The Hall–Kier alpha value is -3.08. The van der Waals surface area contributed by atoms with E-state index in [4.69, 9.17) is 9.15 Å². The van der Waals surface area contributed by atoms with Gasteiger partial charge in [-0.1, -0.05) is 31.0 Å². The van der Waals surface area contributed by atoms with Gasteiger partial charge in [-0.2, -0.15) is 0 Å². The van der Waals surface area contributed by atoms with Crippen LogP contribution in [0.1, 0.15) is 31.0 Å². The highest BCUT2D eigenvalue weighted by Crippen LogP contribution is 2.27. The number of nitrogens with zero attached hydrogens (tertiary/aromatic N) is 2. The van der Waals surface area contributed by atoms with Gasteiger partial charge in [-0.05, 0) is 49.7 Å². The van der Waals surface area contributed by atoms with Crippen LogP contribution >= 0.6 is 0 Å². The van der Waals surface area contributed by atoms with E-state index in [9.17, 15) is 5.11 Å². The summed E-state index contributed by atoms with van der Waals surface area (Å²) in [5.41, 5.74) is 3.01. The molecule has 0 amide bonds. The van der Waals surface area contributed by atoms with E-state index in [-0.39, 0.29) is 5.95 Å². The van der Waals surface area contributed by atoms with Gasteiger partial charge in [-0.25, -0.2) is 4.98 Å². The van der Waals surface area contributed by atoms with Crippen molar-refractivity contribution in [1.82, 2.24) is 4.98 Å². The van der Waals surface area contributed by atoms with E-state index in [1.165, 1.54) is 6.21 Å². The van der Waals surface area contributed by atoms with Gasteiger partial charge < -0.3 is 14.3 Å². The fraction of sp³-hybridized carbons (Fsp3) is 0.238. The quantitative estimate of drug-likeness (QED) is 0.465. The Balaban J connectivity index is 1.72. The molecule has 0 radical (unpaired) electrons. The van der Waals surface area contributed by atoms with Gasteiger partial charge in [0, 0.05) is 5.56 Å². The van der Waals surface area contributed by atoms with E-state index < -0.39 is 0 Å². The number of oxazole rings is 1. The molecule has 0 aliphatic heterocycles. The number of rotatable bonds is 7. The number of benzene rings is 2. The first kappa shape index (κ1) is 17.7. The molecule has 0 fully saturated rings. The number of aromatic hydroxyl groups is 1. The maximum Gasteiger partial charge on any atom is 0.312 e. The summed E-state index contributed by atoms with van der Waals surface area (Å²) in [6.45, 7) is 4.85. The second kappa shape index (κ2) is 8.34. The molecule has 3 aromatic rings. The SMILES string of the molecule is CCCCOc1ccc(-c2nc(C=Nc3ccc(C)cc3)c(O)o2)cc1. The topological polar surface area (TPSA) is 67.9 Å². The third kappa shape index (κ3) is 4.51. The zero-order valence-corrected chi connectivity index (χ0v) is 15.0. The second-order valence-electron chi connectivity index (χ2n) is 6.03. The van der Waals surface area contributed by atoms with E-state index in [1.807, 2.05) is 55.5 Å². The molecule has 0 bridgehead atoms. The minimum Gasteiger partial charge on any atom is -0.494 e. The maximum absolute atomic E-state index is 9.97. The Kier molecular flexibility index (Phi) is 5.69. The van der Waals surface area contributed by atoms with Crippen molar-refractivity contribution in [3.63, 3.8) is 0 Å². The predicted molar refractivity (Wildman–Crippen MR) is 102 cm³/mol. The molecule has 0 aliphatic rings. The summed E-state index contributed by atoms with van der Waals surface area (Å²) in [4.78, 5) is 8.62. The van der Waals surface area contributed by atoms with Crippen LogP contribution in [0.2, 0.25) is 0 Å². The van der Waals surface area contributed by atoms with Gasteiger partial charge >= 0.3 is 5.95 Å². The normalized spacial score (nSPS) is 11.2. The van der Waals surface area contributed by atoms with Crippen LogP contribution in [0.3, 0.4) is 0 Å². The second-order valence-corrected chi connectivity index (χ2v) is 6.03. The standard InChI is InChI=1S/C21H22N2O3/c1-3-4-13-25-18-11-7-16(8-12-18)20-23-19(21(24)26-20)14-22-17-9-5-15(2)6-10-17/h5-12,14,24H,3-4,13H2,1-2H3. The van der Waals surface area contributed by atoms with Crippen molar-refractivity contribution in [3.8, 4) is 23.1 Å². The van der Waals surface area contributed by atoms with Crippen molar-refractivity contribution in [1.29, 1.82) is 0 Å². The minimum atomic E-state index is -0.251. The van der Waals surface area contributed by atoms with Crippen molar-refractivity contribution < 1.29 is 14.3 Å². The zero-order valence-electron chi connectivity index (χ0n) is 15.0. The molecular weight excluding hydrogens is 328 g/mol. The van der Waals surface area contributed by atoms with Gasteiger partial charge in [0.1, 0.15) is 5.75 Å². The van der Waals surface area contributed by atoms with Crippen molar-refractivity contribution in [2.75, 3.05) is 6.61 Å². The Morgan fingerprint density at radius 2 is 1.85 bits per heavy atom. The molecule has 1 aromatic heterocycles. The van der Waals surface area contributed by atoms with Crippen LogP contribution < -0.4 is 4.74 Å². The largest absolute Gasteiger partial charge is 0.494 e. The van der Waals surface area contributed by atoms with E-state index in [0.29, 0.717) is 18.2 Å². The highest BCUT2D eigenvalue weighted by Gasteiger charge is 2.12. The molecule has 0 saturated heterocycles. The summed E-state index contributed by atoms with van der Waals surface area (Å²) in [5.74, 6) is 0.895. The fourth-order valence-corrected chi connectivity index (χ4v) is 2.33. The first-order valence-corrected chi connectivity index (χ1v) is 8.69. The smallest absolute Gasteiger partial charge is 0.312 e. The zero-order chi connectivity index (χ0) is 18.4. The molecule has 0 unspecified atom stereocenters. The number of ether oxygens (including phenoxy) is 1. The van der Waals surface area contributed by atoms with E-state index >= 15 is 0 Å². The van der Waals surface area contributed by atoms with Crippen LogP contribution in [0.4, 0.5) is 5.69 Å². The minimum absolute atomic E-state index is 0.251. The maximum atomic E-state index is 9.97. The number of unbranched alkanes of at least 4 members (excludes halogenated alkanes) is 1. The van der Waals surface area contributed by atoms with Crippen molar-refractivity contribution >= 4 is 11.9 Å². The molecule has 0 aliphatic carbocycles. The van der Waals surface area contributed by atoms with Crippen LogP contribution in [0, 0.1) is 6.92 Å². The van der Waals surface area contributed by atoms with Crippen LogP contribution in [0.5, 0.6) is 11.7 Å². The molecule has 0 atom stereocenters. The molecule has 1 N–H and O–H groups in total. The summed E-state index contributed by atoms with van der Waals surface area (Å²) >= 11 is 0. The Labute approximate surface area is 153 Å². The molecule has 5 nitrogen and oxygen atoms in total. The van der Waals surface area contributed by atoms with Gasteiger partial charge in [0.2, 0.25) is 5.89 Å². The Morgan fingerprint density at radius 1 is 1.12 bits per heavy atom. The van der Waals surface area contributed by atoms with Crippen molar-refractivity contribution in [2.45, 2.75) is 26.7 Å². The average molecular weight is 350 g/mol. The van der Waals surface area contributed by atoms with Crippen molar-refractivity contribution in [3.05, 3.63) is 59.8 Å². The molecule has 2 aromatic carbocycles. The molecular formula is C21H22N2O3. The lowest BCUT2D eigenvalue weighted by atomic mass is 10.2. The summed E-state index contributed by atoms with van der Waals surface area (Å²) in [5, 5.41) is 9.97. The molecule has 134 valence electrons. The summed E-state index contributed by atoms with van der Waals surface area (Å²) in [6, 6.07) is 15.2. The molecule has 1 heterocycles. The highest BCUT2D eigenvalue weighted by atomic mass is 16.5. The molecule has 0 spiro atoms. The molecule has 26 heavy (non-hydrogen) atoms. The first-order valence-electron chi connectivity index (χ1n) is 8.69. The molecule has 3 rings (SSSR count). The molecule has 5 heteroatoms. The number of hydrogen-bond acceptors (Lipinski definition) is 5. The van der Waals surface area contributed by atoms with Gasteiger partial charge in [0.25, 0.3) is 0 Å². The van der Waals surface area contributed by atoms with E-state index in [2.05, 4.69) is 16.9 Å². The van der Waals surface area contributed by atoms with Gasteiger partial charge in [0.05, 0.1) is 18.5 Å². The van der Waals surface area contributed by atoms with E-state index in [0.717, 1.165) is 35.4 Å². The van der Waals surface area contributed by atoms with Crippen LogP contribution in [0.25, 0.3) is 11.5 Å². The summed E-state index contributed by atoms with van der Waals surface area (Å²) in [7, 11) is 0. The Bertz CT molecular complexity index is 865. The van der Waals surface area contributed by atoms with Crippen molar-refractivity contribution in [2.24, 2.45) is 4.99 Å². The fourth-order valence-electron chi connectivity index (χ4n) is 2.33. The lowest BCUT2D eigenvalue weighted by molar-refractivity contribution is 0.309. The summed E-state index contributed by atoms with van der Waals surface area (Å²) in [6.07, 6.45) is 3.62. The third-order valence-electron chi connectivity index (χ3n) is 3.87. The lowest BCUT2D eigenvalue weighted by Crippen LogP contribution is -1.95. The average Bonchev–Trinajstić information content (AvgIpc) is 3.03. The monoisotopic (exact) mass is 350 g/mol. The predicted octanol–water partition coefficient (Wildman–Crippen LogP) is 5.29. The first-order chi connectivity index (χ1) is 12.7. The van der Waals surface area contributed by atoms with Crippen LogP contribution in [-0.4, -0.2) is 22.9 Å². The van der Waals surface area contributed by atoms with Gasteiger partial charge in [-0.15, -0.1) is 0 Å². The van der Waals surface area contributed by atoms with Crippen LogP contribution in [-0.2, 0) is 0 Å². The van der Waals surface area contributed by atoms with Gasteiger partial charge in [-0.3, -0.25) is 4.99 Å². The molecule has 0 saturated carbocycles.